The van der Waals surface area contributed by atoms with Crippen LogP contribution in [0.2, 0.25) is 0 Å². The van der Waals surface area contributed by atoms with Crippen LogP contribution < -0.4 is 0 Å². The van der Waals surface area contributed by atoms with Gasteiger partial charge in [-0.3, -0.25) is 4.79 Å². The Labute approximate surface area is 138 Å². The summed E-state index contributed by atoms with van der Waals surface area (Å²) in [5.41, 5.74) is 0.980. The van der Waals surface area contributed by atoms with Gasteiger partial charge in [0.15, 0.2) is 0 Å². The van der Waals surface area contributed by atoms with Crippen LogP contribution in [0.1, 0.15) is 34.1 Å². The molecule has 23 heavy (non-hydrogen) atoms. The number of carbonyl (C=O) groups excluding carboxylic acids is 1. The van der Waals surface area contributed by atoms with Crippen molar-refractivity contribution in [2.24, 2.45) is 0 Å². The third kappa shape index (κ3) is 3.95. The summed E-state index contributed by atoms with van der Waals surface area (Å²) in [5.74, 6) is -0.242. The highest BCUT2D eigenvalue weighted by molar-refractivity contribution is 7.13. The summed E-state index contributed by atoms with van der Waals surface area (Å²) in [6.45, 7) is 5.16. The fourth-order valence-electron chi connectivity index (χ4n) is 2.77. The molecular weight excluding hydrogens is 315 g/mol. The van der Waals surface area contributed by atoms with E-state index >= 15 is 0 Å². The predicted molar refractivity (Wildman–Crippen MR) is 87.2 cm³/mol. The van der Waals surface area contributed by atoms with E-state index in [-0.39, 0.29) is 23.9 Å². The molecule has 0 saturated carbocycles. The molecule has 0 unspecified atom stereocenters. The van der Waals surface area contributed by atoms with Crippen molar-refractivity contribution in [1.82, 2.24) is 9.88 Å². The number of benzene rings is 1. The second-order valence-corrected chi connectivity index (χ2v) is 7.00. The van der Waals surface area contributed by atoms with Crippen molar-refractivity contribution in [2.45, 2.75) is 32.5 Å². The molecule has 6 heteroatoms. The van der Waals surface area contributed by atoms with Crippen LogP contribution in [0.3, 0.4) is 0 Å². The molecule has 3 rings (SSSR count). The largest absolute Gasteiger partial charge is 0.372 e. The Balaban J connectivity index is 1.68. The highest BCUT2D eigenvalue weighted by Gasteiger charge is 2.27. The lowest BCUT2D eigenvalue weighted by Crippen LogP contribution is -2.48. The summed E-state index contributed by atoms with van der Waals surface area (Å²) >= 11 is 1.40. The van der Waals surface area contributed by atoms with Crippen LogP contribution >= 0.6 is 11.3 Å². The summed E-state index contributed by atoms with van der Waals surface area (Å²) in [6, 6.07) is 6.35. The normalized spacial score (nSPS) is 21.4. The maximum Gasteiger partial charge on any atom is 0.265 e. The van der Waals surface area contributed by atoms with Crippen molar-refractivity contribution < 1.29 is 13.9 Å². The quantitative estimate of drug-likeness (QED) is 0.866. The molecule has 0 aliphatic carbocycles. The Hall–Kier alpha value is -1.79. The fraction of sp³-hybridized carbons (Fsp3) is 0.412. The first-order chi connectivity index (χ1) is 11.0. The molecule has 1 aliphatic heterocycles. The van der Waals surface area contributed by atoms with Crippen molar-refractivity contribution in [3.8, 4) is 0 Å². The first kappa shape index (κ1) is 16.1. The Morgan fingerprint density at radius 2 is 1.96 bits per heavy atom. The Morgan fingerprint density at radius 3 is 2.61 bits per heavy atom. The Morgan fingerprint density at radius 1 is 1.30 bits per heavy atom. The smallest absolute Gasteiger partial charge is 0.265 e. The van der Waals surface area contributed by atoms with Gasteiger partial charge in [0.05, 0.1) is 23.4 Å². The van der Waals surface area contributed by atoms with Crippen molar-refractivity contribution >= 4 is 17.2 Å². The van der Waals surface area contributed by atoms with E-state index in [1.165, 1.54) is 23.5 Å². The number of nitrogens with zero attached hydrogens (tertiary/aromatic N) is 2. The van der Waals surface area contributed by atoms with Gasteiger partial charge in [-0.2, -0.15) is 0 Å². The number of ether oxygens (including phenoxy) is 1. The SMILES string of the molecule is C[C@@H]1CN(C(=O)c2cnc(Cc3ccc(F)cc3)s2)C[C@@H](C)O1. The molecule has 1 aromatic heterocycles. The zero-order valence-electron chi connectivity index (χ0n) is 13.2. The first-order valence-electron chi connectivity index (χ1n) is 7.65. The van der Waals surface area contributed by atoms with Crippen LogP contribution in [-0.4, -0.2) is 41.1 Å². The highest BCUT2D eigenvalue weighted by Crippen LogP contribution is 2.21. The molecule has 122 valence electrons. The van der Waals surface area contributed by atoms with Crippen molar-refractivity contribution in [3.63, 3.8) is 0 Å². The number of hydrogen-bond acceptors (Lipinski definition) is 4. The van der Waals surface area contributed by atoms with Crippen LogP contribution in [0.4, 0.5) is 4.39 Å². The molecule has 0 bridgehead atoms. The van der Waals surface area contributed by atoms with Gasteiger partial charge in [0.25, 0.3) is 5.91 Å². The molecule has 0 radical (unpaired) electrons. The van der Waals surface area contributed by atoms with Gasteiger partial charge in [0.1, 0.15) is 10.7 Å². The molecule has 2 heterocycles. The number of carbonyl (C=O) groups is 1. The zero-order chi connectivity index (χ0) is 16.4. The number of rotatable bonds is 3. The molecule has 1 amide bonds. The van der Waals surface area contributed by atoms with Gasteiger partial charge < -0.3 is 9.64 Å². The van der Waals surface area contributed by atoms with Gasteiger partial charge in [-0.15, -0.1) is 11.3 Å². The molecule has 0 N–H and O–H groups in total. The van der Waals surface area contributed by atoms with Gasteiger partial charge in [-0.25, -0.2) is 9.37 Å². The molecule has 0 spiro atoms. The van der Waals surface area contributed by atoms with E-state index in [0.29, 0.717) is 24.4 Å². The van der Waals surface area contributed by atoms with Gasteiger partial charge >= 0.3 is 0 Å². The molecule has 2 atom stereocenters. The summed E-state index contributed by atoms with van der Waals surface area (Å²) in [5, 5.41) is 0.856. The molecule has 4 nitrogen and oxygen atoms in total. The zero-order valence-corrected chi connectivity index (χ0v) is 14.0. The number of morpholine rings is 1. The second-order valence-electron chi connectivity index (χ2n) is 5.89. The highest BCUT2D eigenvalue weighted by atomic mass is 32.1. The third-order valence-electron chi connectivity index (χ3n) is 3.74. The summed E-state index contributed by atoms with van der Waals surface area (Å²) in [7, 11) is 0. The van der Waals surface area contributed by atoms with Crippen LogP contribution in [0.15, 0.2) is 30.5 Å². The fourth-order valence-corrected chi connectivity index (χ4v) is 3.69. The maximum absolute atomic E-state index is 12.9. The summed E-state index contributed by atoms with van der Waals surface area (Å²) < 4.78 is 18.6. The minimum Gasteiger partial charge on any atom is -0.372 e. The monoisotopic (exact) mass is 334 g/mol. The van der Waals surface area contributed by atoms with Gasteiger partial charge in [0, 0.05) is 19.5 Å². The minimum atomic E-state index is -0.251. The standard InChI is InChI=1S/C17H19FN2O2S/c1-11-9-20(10-12(2)22-11)17(21)15-8-19-16(23-15)7-13-3-5-14(18)6-4-13/h3-6,8,11-12H,7,9-10H2,1-2H3/t11-,12-/m1/s1. The lowest BCUT2D eigenvalue weighted by Gasteiger charge is -2.35. The minimum absolute atomic E-state index is 0.00913. The maximum atomic E-state index is 12.9. The van der Waals surface area contributed by atoms with Crippen LogP contribution in [-0.2, 0) is 11.2 Å². The molecule has 1 aromatic carbocycles. The third-order valence-corrected chi connectivity index (χ3v) is 4.73. The number of thiazole rings is 1. The van der Waals surface area contributed by atoms with Crippen molar-refractivity contribution in [2.75, 3.05) is 13.1 Å². The molecule has 2 aromatic rings. The second kappa shape index (κ2) is 6.76. The number of hydrogen-bond donors (Lipinski definition) is 0. The van der Waals surface area contributed by atoms with E-state index in [2.05, 4.69) is 4.98 Å². The van der Waals surface area contributed by atoms with E-state index in [0.717, 1.165) is 10.6 Å². The summed E-state index contributed by atoms with van der Waals surface area (Å²) in [4.78, 5) is 19.4. The van der Waals surface area contributed by atoms with Crippen LogP contribution in [0.25, 0.3) is 0 Å². The molecule has 1 saturated heterocycles. The van der Waals surface area contributed by atoms with Gasteiger partial charge in [0.2, 0.25) is 0 Å². The lowest BCUT2D eigenvalue weighted by molar-refractivity contribution is -0.0585. The van der Waals surface area contributed by atoms with Gasteiger partial charge in [-0.05, 0) is 31.5 Å². The molecule has 1 fully saturated rings. The average molecular weight is 334 g/mol. The van der Waals surface area contributed by atoms with E-state index in [4.69, 9.17) is 4.74 Å². The van der Waals surface area contributed by atoms with E-state index in [1.807, 2.05) is 18.7 Å². The number of halogens is 1. The summed E-state index contributed by atoms with van der Waals surface area (Å²) in [6.07, 6.45) is 2.34. The van der Waals surface area contributed by atoms with Crippen molar-refractivity contribution in [3.05, 3.63) is 51.7 Å². The van der Waals surface area contributed by atoms with Crippen molar-refractivity contribution in [1.29, 1.82) is 0 Å². The lowest BCUT2D eigenvalue weighted by atomic mass is 10.2. The first-order valence-corrected chi connectivity index (χ1v) is 8.47. The molecule has 1 aliphatic rings. The number of aromatic nitrogens is 1. The Kier molecular flexibility index (Phi) is 4.73. The van der Waals surface area contributed by atoms with E-state index in [9.17, 15) is 9.18 Å². The van der Waals surface area contributed by atoms with Crippen LogP contribution in [0.5, 0.6) is 0 Å². The molecular formula is C17H19FN2O2S. The van der Waals surface area contributed by atoms with Gasteiger partial charge in [-0.1, -0.05) is 12.1 Å². The van der Waals surface area contributed by atoms with Crippen LogP contribution in [0, 0.1) is 5.82 Å². The Bertz CT molecular complexity index is 676. The van der Waals surface area contributed by atoms with E-state index < -0.39 is 0 Å². The number of amides is 1. The predicted octanol–water partition coefficient (Wildman–Crippen LogP) is 3.12. The topological polar surface area (TPSA) is 42.4 Å². The van der Waals surface area contributed by atoms with E-state index in [1.54, 1.807) is 18.3 Å². The average Bonchev–Trinajstić information content (AvgIpc) is 2.96.